The summed E-state index contributed by atoms with van der Waals surface area (Å²) in [6.45, 7) is -1.55. The largest absolute Gasteiger partial charge is 0.783 e. The molecule has 0 saturated carbocycles. The standard InChI is InChI=1S/C6H16N4O9P2/c7-4(5(11)12)3-19-21(16,17)18-2-1-9-6(8)10-20(13,14)15/h4H,1-3,7H2,(H,11,12)(H,16,17)(H5,8,9,10,13,14,15)/p-2/t4-/m0/s1. The number of hydrogen-bond acceptors (Lipinski definition) is 9. The van der Waals surface area contributed by atoms with Crippen LogP contribution in [-0.2, 0) is 23.0 Å². The van der Waals surface area contributed by atoms with Crippen molar-refractivity contribution in [2.75, 3.05) is 19.8 Å². The average Bonchev–Trinajstić information content (AvgIpc) is 2.29. The number of phosphoric acid groups is 1. The second kappa shape index (κ2) is 8.41. The summed E-state index contributed by atoms with van der Waals surface area (Å²) in [5.41, 5.74) is 8.11. The number of aliphatic carboxylic acids is 1. The van der Waals surface area contributed by atoms with Crippen molar-refractivity contribution in [2.45, 2.75) is 6.04 Å². The van der Waals surface area contributed by atoms with Gasteiger partial charge >= 0.3 is 5.96 Å². The fourth-order valence-corrected chi connectivity index (χ4v) is 1.94. The Kier molecular flexibility index (Phi) is 8.00. The van der Waals surface area contributed by atoms with E-state index in [-0.39, 0.29) is 6.54 Å². The maximum Gasteiger partial charge on any atom is 0.344 e. The molecule has 0 aliphatic heterocycles. The average molecular weight is 348 g/mol. The summed E-state index contributed by atoms with van der Waals surface area (Å²) >= 11 is 0. The van der Waals surface area contributed by atoms with Crippen LogP contribution in [-0.4, -0.2) is 37.7 Å². The third-order valence-corrected chi connectivity index (χ3v) is 3.17. The molecule has 0 saturated heterocycles. The Morgan fingerprint density at radius 1 is 1.33 bits per heavy atom. The number of carbonyl (C=O) groups is 1. The number of nitrogens with one attached hydrogen (secondary N) is 2. The highest BCUT2D eigenvalue weighted by Gasteiger charge is 2.15. The van der Waals surface area contributed by atoms with Crippen LogP contribution in [0.3, 0.4) is 0 Å². The second-order valence-electron chi connectivity index (χ2n) is 3.54. The van der Waals surface area contributed by atoms with E-state index < -0.39 is 46.8 Å². The molecule has 0 amide bonds. The summed E-state index contributed by atoms with van der Waals surface area (Å²) in [5.74, 6) is -2.20. The minimum Gasteiger partial charge on any atom is -0.783 e. The van der Waals surface area contributed by atoms with Gasteiger partial charge in [-0.2, -0.15) is 0 Å². The van der Waals surface area contributed by atoms with Gasteiger partial charge < -0.3 is 43.9 Å². The maximum absolute atomic E-state index is 11.1. The summed E-state index contributed by atoms with van der Waals surface area (Å²) in [5, 5.41) is 11.7. The van der Waals surface area contributed by atoms with Crippen molar-refractivity contribution in [3.63, 3.8) is 0 Å². The molecule has 0 aromatic rings. The third kappa shape index (κ3) is 11.3. The van der Waals surface area contributed by atoms with Gasteiger partial charge in [0, 0.05) is 0 Å². The number of rotatable bonds is 9. The van der Waals surface area contributed by atoms with E-state index in [1.54, 1.807) is 0 Å². The van der Waals surface area contributed by atoms with Gasteiger partial charge in [-0.3, -0.25) is 20.4 Å². The molecule has 0 bridgehead atoms. The molecule has 0 aromatic heterocycles. The first-order chi connectivity index (χ1) is 9.43. The van der Waals surface area contributed by atoms with Crippen molar-refractivity contribution in [3.05, 3.63) is 0 Å². The highest BCUT2D eigenvalue weighted by molar-refractivity contribution is 7.47. The Labute approximate surface area is 118 Å². The smallest absolute Gasteiger partial charge is 0.344 e. The van der Waals surface area contributed by atoms with E-state index in [1.165, 1.54) is 5.09 Å². The number of nitrogens with two attached hydrogens (primary N) is 1. The first kappa shape index (κ1) is 20.0. The van der Waals surface area contributed by atoms with E-state index in [9.17, 15) is 33.7 Å². The monoisotopic (exact) mass is 348 g/mol. The van der Waals surface area contributed by atoms with Gasteiger partial charge in [0.05, 0.1) is 20.9 Å². The molecule has 0 heterocycles. The van der Waals surface area contributed by atoms with Crippen LogP contribution in [0.1, 0.15) is 0 Å². The predicted molar refractivity (Wildman–Crippen MR) is 57.0 cm³/mol. The predicted octanol–water partition coefficient (Wildman–Crippen LogP) is -8.34. The Morgan fingerprint density at radius 2 is 1.90 bits per heavy atom. The molecule has 7 N–H and O–H groups in total. The molecule has 2 atom stereocenters. The van der Waals surface area contributed by atoms with E-state index >= 15 is 0 Å². The van der Waals surface area contributed by atoms with Crippen LogP contribution in [0.2, 0.25) is 0 Å². The fourth-order valence-electron chi connectivity index (χ4n) is 0.817. The first-order valence-corrected chi connectivity index (χ1v) is 8.24. The molecule has 0 rings (SSSR count). The van der Waals surface area contributed by atoms with Crippen molar-refractivity contribution in [1.29, 1.82) is 0 Å². The van der Waals surface area contributed by atoms with Crippen molar-refractivity contribution >= 4 is 27.5 Å². The van der Waals surface area contributed by atoms with Gasteiger partial charge in [-0.15, -0.1) is 0 Å². The number of quaternary nitrogens is 1. The van der Waals surface area contributed by atoms with E-state index in [0.717, 1.165) is 0 Å². The lowest BCUT2D eigenvalue weighted by atomic mass is 10.3. The summed E-state index contributed by atoms with van der Waals surface area (Å²) in [6, 6.07) is -1.40. The fraction of sp³-hybridized carbons (Fsp3) is 0.667. The van der Waals surface area contributed by atoms with Crippen LogP contribution in [0.4, 0.5) is 0 Å². The number of carbonyl (C=O) groups excluding carboxylic acids is 1. The molecule has 0 fully saturated rings. The number of carboxylic acids is 1. The van der Waals surface area contributed by atoms with E-state index in [0.29, 0.717) is 0 Å². The molecule has 0 aromatic carbocycles. The quantitative estimate of drug-likeness (QED) is 0.132. The molecule has 124 valence electrons. The molecular weight excluding hydrogens is 334 g/mol. The van der Waals surface area contributed by atoms with Crippen LogP contribution in [0, 0.1) is 0 Å². The SMILES string of the molecule is NC(NP(=O)([O-])[O-])=[NH+]CCOP(=O)([O-])OC[C@H]([NH3+])C(=O)[O-]. The molecule has 1 unspecified atom stereocenters. The van der Waals surface area contributed by atoms with Gasteiger partial charge in [0.15, 0.2) is 0 Å². The molecule has 0 aliphatic carbocycles. The number of carboxylic acid groups (broad SMARTS) is 1. The zero-order valence-corrected chi connectivity index (χ0v) is 12.3. The minimum atomic E-state index is -5.06. The lowest BCUT2D eigenvalue weighted by molar-refractivity contribution is -0.463. The minimum absolute atomic E-state index is 0.275. The molecule has 13 nitrogen and oxygen atoms in total. The number of hydrogen-bond donors (Lipinski definition) is 4. The summed E-state index contributed by atoms with van der Waals surface area (Å²) in [4.78, 5) is 44.1. The van der Waals surface area contributed by atoms with Gasteiger partial charge in [0.1, 0.15) is 18.6 Å². The number of guanidine groups is 1. The molecular formula is C6H14N4O9P2-2. The second-order valence-corrected chi connectivity index (χ2v) is 6.17. The van der Waals surface area contributed by atoms with Gasteiger partial charge in [-0.25, -0.2) is 0 Å². The highest BCUT2D eigenvalue weighted by atomic mass is 31.2. The van der Waals surface area contributed by atoms with Gasteiger partial charge in [-0.1, -0.05) is 0 Å². The number of phosphoric ester groups is 1. The van der Waals surface area contributed by atoms with E-state index in [4.69, 9.17) is 5.73 Å². The lowest BCUT2D eigenvalue weighted by Crippen LogP contribution is -2.79. The molecule has 21 heavy (non-hydrogen) atoms. The van der Waals surface area contributed by atoms with Crippen LogP contribution in [0.25, 0.3) is 0 Å². The summed E-state index contributed by atoms with van der Waals surface area (Å²) in [7, 11) is -9.82. The van der Waals surface area contributed by atoms with Crippen LogP contribution >= 0.6 is 15.6 Å². The summed E-state index contributed by atoms with van der Waals surface area (Å²) in [6.07, 6.45) is 0. The van der Waals surface area contributed by atoms with Crippen molar-refractivity contribution < 1.29 is 53.5 Å². The highest BCUT2D eigenvalue weighted by Crippen LogP contribution is 2.37. The zero-order chi connectivity index (χ0) is 16.7. The van der Waals surface area contributed by atoms with Crippen molar-refractivity contribution in [3.8, 4) is 0 Å². The van der Waals surface area contributed by atoms with Gasteiger partial charge in [0.2, 0.25) is 0 Å². The topological polar surface area (TPSA) is 242 Å². The van der Waals surface area contributed by atoms with E-state index in [2.05, 4.69) is 19.8 Å². The van der Waals surface area contributed by atoms with E-state index in [1.807, 2.05) is 0 Å². The van der Waals surface area contributed by atoms with Crippen molar-refractivity contribution in [1.82, 2.24) is 5.09 Å². The van der Waals surface area contributed by atoms with Crippen LogP contribution < -0.4 is 41.3 Å². The molecule has 0 radical (unpaired) electrons. The maximum atomic E-state index is 11.1. The van der Waals surface area contributed by atoms with Gasteiger partial charge in [-0.05, 0) is 0 Å². The Balaban J connectivity index is 4.10. The molecule has 15 heteroatoms. The lowest BCUT2D eigenvalue weighted by Gasteiger charge is -2.25. The van der Waals surface area contributed by atoms with Crippen molar-refractivity contribution in [2.24, 2.45) is 5.73 Å². The zero-order valence-electron chi connectivity index (χ0n) is 10.6. The van der Waals surface area contributed by atoms with Crippen LogP contribution in [0.5, 0.6) is 0 Å². The first-order valence-electron chi connectivity index (χ1n) is 5.23. The van der Waals surface area contributed by atoms with Gasteiger partial charge in [0.25, 0.3) is 7.82 Å². The Bertz CT molecular complexity index is 477. The third-order valence-electron chi connectivity index (χ3n) is 1.69. The molecule has 0 aliphatic rings. The normalized spacial score (nSPS) is 17.0. The summed E-state index contributed by atoms with van der Waals surface area (Å²) < 4.78 is 29.9. The van der Waals surface area contributed by atoms with Crippen LogP contribution in [0.15, 0.2) is 0 Å². The Hall–Kier alpha value is -1.04. The Morgan fingerprint density at radius 3 is 2.38 bits per heavy atom. The molecule has 0 spiro atoms.